The molecule has 1 amide bonds. The molecule has 3 nitrogen and oxygen atoms in total. The van der Waals surface area contributed by atoms with Gasteiger partial charge in [0.1, 0.15) is 0 Å². The van der Waals surface area contributed by atoms with E-state index in [-0.39, 0.29) is 5.91 Å². The van der Waals surface area contributed by atoms with Crippen LogP contribution in [-0.2, 0) is 0 Å². The standard InChI is InChI=1S/C17H26N2O/c1-3-16(13-7-5-4-6-8-13)19-17(20)15-10-9-14(18)11-12(15)2/h9-11,13,16H,3-8,18H2,1-2H3,(H,19,20). The smallest absolute Gasteiger partial charge is 0.251 e. The zero-order valence-electron chi connectivity index (χ0n) is 12.6. The highest BCUT2D eigenvalue weighted by Gasteiger charge is 2.24. The maximum Gasteiger partial charge on any atom is 0.251 e. The van der Waals surface area contributed by atoms with Gasteiger partial charge in [-0.15, -0.1) is 0 Å². The van der Waals surface area contributed by atoms with E-state index in [1.165, 1.54) is 32.1 Å². The lowest BCUT2D eigenvalue weighted by molar-refractivity contribution is 0.0910. The van der Waals surface area contributed by atoms with Crippen LogP contribution in [0.15, 0.2) is 18.2 Å². The number of hydrogen-bond donors (Lipinski definition) is 2. The maximum atomic E-state index is 12.4. The number of nitrogens with two attached hydrogens (primary N) is 1. The molecular weight excluding hydrogens is 248 g/mol. The van der Waals surface area contributed by atoms with Crippen molar-refractivity contribution in [1.29, 1.82) is 0 Å². The normalized spacial score (nSPS) is 17.7. The van der Waals surface area contributed by atoms with Crippen LogP contribution in [0.25, 0.3) is 0 Å². The first kappa shape index (κ1) is 14.9. The number of rotatable bonds is 4. The van der Waals surface area contributed by atoms with Crippen LogP contribution in [-0.4, -0.2) is 11.9 Å². The van der Waals surface area contributed by atoms with Crippen molar-refractivity contribution in [3.63, 3.8) is 0 Å². The summed E-state index contributed by atoms with van der Waals surface area (Å²) in [5.74, 6) is 0.687. The van der Waals surface area contributed by atoms with Crippen LogP contribution < -0.4 is 11.1 Å². The van der Waals surface area contributed by atoms with Gasteiger partial charge in [0.15, 0.2) is 0 Å². The molecule has 0 spiro atoms. The molecule has 20 heavy (non-hydrogen) atoms. The van der Waals surface area contributed by atoms with E-state index in [0.29, 0.717) is 17.6 Å². The molecule has 0 saturated heterocycles. The van der Waals surface area contributed by atoms with Crippen LogP contribution in [0, 0.1) is 12.8 Å². The molecule has 1 atom stereocenters. The summed E-state index contributed by atoms with van der Waals surface area (Å²) in [6.07, 6.45) is 7.46. The minimum Gasteiger partial charge on any atom is -0.399 e. The Morgan fingerprint density at radius 1 is 1.35 bits per heavy atom. The number of nitrogens with one attached hydrogen (secondary N) is 1. The molecule has 1 aromatic rings. The van der Waals surface area contributed by atoms with Gasteiger partial charge in [-0.05, 0) is 55.9 Å². The minimum absolute atomic E-state index is 0.0416. The summed E-state index contributed by atoms with van der Waals surface area (Å²) in [5.41, 5.74) is 8.14. The second-order valence-corrected chi connectivity index (χ2v) is 5.96. The van der Waals surface area contributed by atoms with E-state index >= 15 is 0 Å². The molecule has 0 radical (unpaired) electrons. The third-order valence-electron chi connectivity index (χ3n) is 4.47. The first-order chi connectivity index (χ1) is 9.61. The summed E-state index contributed by atoms with van der Waals surface area (Å²) in [6.45, 7) is 4.10. The van der Waals surface area contributed by atoms with Gasteiger partial charge in [-0.2, -0.15) is 0 Å². The fourth-order valence-electron chi connectivity index (χ4n) is 3.28. The van der Waals surface area contributed by atoms with Gasteiger partial charge in [0.25, 0.3) is 5.91 Å². The van der Waals surface area contributed by atoms with Crippen LogP contribution in [0.1, 0.15) is 61.4 Å². The quantitative estimate of drug-likeness (QED) is 0.823. The van der Waals surface area contributed by atoms with Gasteiger partial charge >= 0.3 is 0 Å². The molecule has 1 saturated carbocycles. The van der Waals surface area contributed by atoms with Gasteiger partial charge < -0.3 is 11.1 Å². The number of hydrogen-bond acceptors (Lipinski definition) is 2. The lowest BCUT2D eigenvalue weighted by atomic mass is 9.83. The highest BCUT2D eigenvalue weighted by atomic mass is 16.1. The van der Waals surface area contributed by atoms with Crippen LogP contribution in [0.4, 0.5) is 5.69 Å². The largest absolute Gasteiger partial charge is 0.399 e. The molecule has 0 bridgehead atoms. The Hall–Kier alpha value is -1.51. The van der Waals surface area contributed by atoms with Gasteiger partial charge in [-0.1, -0.05) is 26.2 Å². The molecule has 3 heteroatoms. The van der Waals surface area contributed by atoms with Crippen molar-refractivity contribution >= 4 is 11.6 Å². The van der Waals surface area contributed by atoms with E-state index in [9.17, 15) is 4.79 Å². The number of benzene rings is 1. The van der Waals surface area contributed by atoms with E-state index in [4.69, 9.17) is 5.73 Å². The predicted octanol–water partition coefficient (Wildman–Crippen LogP) is 3.67. The lowest BCUT2D eigenvalue weighted by Crippen LogP contribution is -2.40. The predicted molar refractivity (Wildman–Crippen MR) is 83.7 cm³/mol. The Kier molecular flexibility index (Phi) is 5.05. The van der Waals surface area contributed by atoms with Crippen molar-refractivity contribution in [2.24, 2.45) is 5.92 Å². The molecule has 1 fully saturated rings. The first-order valence-electron chi connectivity index (χ1n) is 7.78. The van der Waals surface area contributed by atoms with E-state index < -0.39 is 0 Å². The molecule has 110 valence electrons. The highest BCUT2D eigenvalue weighted by Crippen LogP contribution is 2.28. The molecule has 0 aliphatic heterocycles. The third-order valence-corrected chi connectivity index (χ3v) is 4.47. The van der Waals surface area contributed by atoms with Gasteiger partial charge in [-0.25, -0.2) is 0 Å². The van der Waals surface area contributed by atoms with Crippen molar-refractivity contribution in [3.05, 3.63) is 29.3 Å². The fraction of sp³-hybridized carbons (Fsp3) is 0.588. The minimum atomic E-state index is 0.0416. The van der Waals surface area contributed by atoms with E-state index in [1.807, 2.05) is 19.1 Å². The zero-order chi connectivity index (χ0) is 14.5. The van der Waals surface area contributed by atoms with Crippen molar-refractivity contribution < 1.29 is 4.79 Å². The summed E-state index contributed by atoms with van der Waals surface area (Å²) >= 11 is 0. The molecule has 1 aliphatic carbocycles. The average Bonchev–Trinajstić information content (AvgIpc) is 2.45. The average molecular weight is 274 g/mol. The molecule has 0 heterocycles. The molecule has 1 aromatic carbocycles. The Bertz CT molecular complexity index is 464. The van der Waals surface area contributed by atoms with Crippen LogP contribution in [0.5, 0.6) is 0 Å². The van der Waals surface area contributed by atoms with E-state index in [1.54, 1.807) is 6.07 Å². The van der Waals surface area contributed by atoms with Crippen LogP contribution in [0.3, 0.4) is 0 Å². The topological polar surface area (TPSA) is 55.1 Å². The third kappa shape index (κ3) is 3.53. The number of aryl methyl sites for hydroxylation is 1. The summed E-state index contributed by atoms with van der Waals surface area (Å²) < 4.78 is 0. The van der Waals surface area contributed by atoms with Gasteiger partial charge in [-0.3, -0.25) is 4.79 Å². The Morgan fingerprint density at radius 2 is 2.05 bits per heavy atom. The number of amides is 1. The van der Waals surface area contributed by atoms with Gasteiger partial charge in [0, 0.05) is 17.3 Å². The molecule has 3 N–H and O–H groups in total. The SMILES string of the molecule is CCC(NC(=O)c1ccc(N)cc1C)C1CCCCC1. The number of carbonyl (C=O) groups excluding carboxylic acids is 1. The Morgan fingerprint density at radius 3 is 2.65 bits per heavy atom. The fourth-order valence-corrected chi connectivity index (χ4v) is 3.28. The molecule has 2 rings (SSSR count). The summed E-state index contributed by atoms with van der Waals surface area (Å²) in [4.78, 5) is 12.4. The first-order valence-corrected chi connectivity index (χ1v) is 7.78. The number of carbonyl (C=O) groups is 1. The van der Waals surface area contributed by atoms with Crippen molar-refractivity contribution in [2.45, 2.75) is 58.4 Å². The number of anilines is 1. The molecular formula is C17H26N2O. The van der Waals surface area contributed by atoms with E-state index in [2.05, 4.69) is 12.2 Å². The second-order valence-electron chi connectivity index (χ2n) is 5.96. The van der Waals surface area contributed by atoms with Crippen LogP contribution in [0.2, 0.25) is 0 Å². The van der Waals surface area contributed by atoms with Crippen LogP contribution >= 0.6 is 0 Å². The van der Waals surface area contributed by atoms with Gasteiger partial charge in [0.2, 0.25) is 0 Å². The van der Waals surface area contributed by atoms with Crippen molar-refractivity contribution in [2.75, 3.05) is 5.73 Å². The van der Waals surface area contributed by atoms with E-state index in [0.717, 1.165) is 17.5 Å². The summed E-state index contributed by atoms with van der Waals surface area (Å²) in [5, 5.41) is 3.23. The Labute approximate surface area is 121 Å². The zero-order valence-corrected chi connectivity index (χ0v) is 12.6. The van der Waals surface area contributed by atoms with Crippen molar-refractivity contribution in [3.8, 4) is 0 Å². The number of nitrogen functional groups attached to an aromatic ring is 1. The molecule has 1 aliphatic rings. The second kappa shape index (κ2) is 6.78. The van der Waals surface area contributed by atoms with Crippen molar-refractivity contribution in [1.82, 2.24) is 5.32 Å². The lowest BCUT2D eigenvalue weighted by Gasteiger charge is -2.30. The highest BCUT2D eigenvalue weighted by molar-refractivity contribution is 5.96. The Balaban J connectivity index is 2.04. The maximum absolute atomic E-state index is 12.4. The summed E-state index contributed by atoms with van der Waals surface area (Å²) in [6, 6.07) is 5.79. The summed E-state index contributed by atoms with van der Waals surface area (Å²) in [7, 11) is 0. The monoisotopic (exact) mass is 274 g/mol. The molecule has 1 unspecified atom stereocenters. The van der Waals surface area contributed by atoms with Gasteiger partial charge in [0.05, 0.1) is 0 Å². The molecule has 0 aromatic heterocycles.